The number of carbonyl (C=O) groups excluding carboxylic acids is 3. The molecule has 0 spiro atoms. The van der Waals surface area contributed by atoms with E-state index in [9.17, 15) is 27.6 Å². The number of ether oxygens (including phenoxy) is 2. The molecule has 1 amide bonds. The Kier molecular flexibility index (Phi) is 5.05. The minimum atomic E-state index is -4.60. The first kappa shape index (κ1) is 20.5. The third kappa shape index (κ3) is 3.50. The Hall–Kier alpha value is -1.81. The Morgan fingerprint density at radius 1 is 1.31 bits per heavy atom. The lowest BCUT2D eigenvalue weighted by Crippen LogP contribution is -2.39. The molecule has 1 heterocycles. The summed E-state index contributed by atoms with van der Waals surface area (Å²) in [6.45, 7) is -0.711. The van der Waals surface area contributed by atoms with Gasteiger partial charge in [0.1, 0.15) is 6.10 Å². The lowest BCUT2D eigenvalue weighted by Gasteiger charge is -2.26. The van der Waals surface area contributed by atoms with E-state index in [1.54, 1.807) is 0 Å². The van der Waals surface area contributed by atoms with Crippen LogP contribution >= 0.6 is 27.5 Å². The average Bonchev–Trinajstić information content (AvgIpc) is 3.25. The molecule has 2 saturated carbocycles. The summed E-state index contributed by atoms with van der Waals surface area (Å²) in [7, 11) is 0. The van der Waals surface area contributed by atoms with E-state index in [1.165, 1.54) is 0 Å². The van der Waals surface area contributed by atoms with Gasteiger partial charge in [0.15, 0.2) is 6.61 Å². The Bertz CT molecular complexity index is 895. The third-order valence-corrected chi connectivity index (χ3v) is 7.24. The Morgan fingerprint density at radius 2 is 2.03 bits per heavy atom. The highest BCUT2D eigenvalue weighted by Gasteiger charge is 2.68. The van der Waals surface area contributed by atoms with Crippen LogP contribution in [0.5, 0.6) is 0 Å². The van der Waals surface area contributed by atoms with Crippen LogP contribution in [0.15, 0.2) is 18.2 Å². The van der Waals surface area contributed by atoms with Gasteiger partial charge in [-0.3, -0.25) is 14.4 Å². The van der Waals surface area contributed by atoms with Crippen molar-refractivity contribution in [3.8, 4) is 0 Å². The molecule has 29 heavy (non-hydrogen) atoms. The summed E-state index contributed by atoms with van der Waals surface area (Å²) in [5.41, 5.74) is -1.22. The molecule has 2 aliphatic carbocycles. The molecule has 11 heteroatoms. The van der Waals surface area contributed by atoms with Crippen LogP contribution in [0.4, 0.5) is 18.9 Å². The first-order valence-corrected chi connectivity index (χ1v) is 10.0. The first-order valence-electron chi connectivity index (χ1n) is 8.75. The van der Waals surface area contributed by atoms with Crippen molar-refractivity contribution in [1.82, 2.24) is 0 Å². The van der Waals surface area contributed by atoms with E-state index in [2.05, 4.69) is 21.2 Å². The van der Waals surface area contributed by atoms with Gasteiger partial charge in [-0.25, -0.2) is 0 Å². The predicted molar refractivity (Wildman–Crippen MR) is 97.2 cm³/mol. The van der Waals surface area contributed by atoms with Crippen molar-refractivity contribution in [2.45, 2.75) is 23.5 Å². The smallest absolute Gasteiger partial charge is 0.416 e. The zero-order valence-electron chi connectivity index (χ0n) is 14.5. The standard InChI is InChI=1S/C18H14BrClF3NO5/c19-14-7-4-8-13(17(27)29-15(8)14)12(7)16(26)28-5-11(25)24-10-3-6(18(21,22)23)1-2-9(10)20/h1-3,7-8,12-15H,4-5H2,(H,24,25)/t7-,8-,12-,13-,14+,15+/m1/s1. The predicted octanol–water partition coefficient (Wildman–Crippen LogP) is 3.41. The van der Waals surface area contributed by atoms with E-state index in [0.717, 1.165) is 12.1 Å². The molecule has 1 aromatic rings. The largest absolute Gasteiger partial charge is 0.461 e. The van der Waals surface area contributed by atoms with Gasteiger partial charge < -0.3 is 14.8 Å². The molecule has 1 aromatic carbocycles. The maximum Gasteiger partial charge on any atom is 0.416 e. The minimum absolute atomic E-state index is 0.0489. The summed E-state index contributed by atoms with van der Waals surface area (Å²) in [6.07, 6.45) is -4.19. The number of alkyl halides is 4. The van der Waals surface area contributed by atoms with Crippen molar-refractivity contribution in [3.05, 3.63) is 28.8 Å². The second-order valence-corrected chi connectivity index (χ2v) is 8.77. The van der Waals surface area contributed by atoms with Crippen LogP contribution in [-0.2, 0) is 30.0 Å². The number of fused-ring (bicyclic) bond motifs is 1. The molecule has 3 fully saturated rings. The van der Waals surface area contributed by atoms with Crippen LogP contribution in [0.3, 0.4) is 0 Å². The van der Waals surface area contributed by atoms with Crippen LogP contribution in [0.25, 0.3) is 0 Å². The Balaban J connectivity index is 1.38. The molecular formula is C18H14BrClF3NO5. The first-order chi connectivity index (χ1) is 13.6. The number of esters is 2. The molecular weight excluding hydrogens is 483 g/mol. The molecule has 0 radical (unpaired) electrons. The fourth-order valence-corrected chi connectivity index (χ4v) is 5.72. The van der Waals surface area contributed by atoms with E-state index in [1.807, 2.05) is 0 Å². The van der Waals surface area contributed by atoms with Gasteiger partial charge in [-0.2, -0.15) is 13.2 Å². The molecule has 1 saturated heterocycles. The molecule has 1 N–H and O–H groups in total. The van der Waals surface area contributed by atoms with Crippen LogP contribution in [0.2, 0.25) is 5.02 Å². The van der Waals surface area contributed by atoms with E-state index in [0.29, 0.717) is 12.5 Å². The van der Waals surface area contributed by atoms with E-state index in [4.69, 9.17) is 21.1 Å². The topological polar surface area (TPSA) is 81.7 Å². The Morgan fingerprint density at radius 3 is 2.72 bits per heavy atom. The number of amides is 1. The zero-order chi connectivity index (χ0) is 21.1. The van der Waals surface area contributed by atoms with Crippen LogP contribution in [0.1, 0.15) is 12.0 Å². The molecule has 156 valence electrons. The van der Waals surface area contributed by atoms with Crippen LogP contribution in [-0.4, -0.2) is 35.4 Å². The molecule has 3 aliphatic rings. The van der Waals surface area contributed by atoms with E-state index < -0.39 is 48.0 Å². The number of carbonyl (C=O) groups is 3. The van der Waals surface area contributed by atoms with Gasteiger partial charge in [0, 0.05) is 5.92 Å². The molecule has 2 bridgehead atoms. The zero-order valence-corrected chi connectivity index (χ0v) is 16.9. The fraction of sp³-hybridized carbons (Fsp3) is 0.500. The minimum Gasteiger partial charge on any atom is -0.461 e. The van der Waals surface area contributed by atoms with Crippen molar-refractivity contribution in [2.24, 2.45) is 23.7 Å². The van der Waals surface area contributed by atoms with E-state index >= 15 is 0 Å². The second kappa shape index (κ2) is 7.16. The number of anilines is 1. The third-order valence-electron chi connectivity index (χ3n) is 5.71. The lowest BCUT2D eigenvalue weighted by molar-refractivity contribution is -0.157. The SMILES string of the molecule is O=C(COC(=O)[C@@H]1[C@H]2C[C@H]3[C@H](OC(=O)[C@H]31)[C@H]2Br)Nc1cc(C(F)(F)F)ccc1Cl. The number of hydrogen-bond donors (Lipinski definition) is 1. The summed E-state index contributed by atoms with van der Waals surface area (Å²) >= 11 is 9.30. The fourth-order valence-electron chi connectivity index (χ4n) is 4.51. The summed E-state index contributed by atoms with van der Waals surface area (Å²) in [5.74, 6) is -3.44. The number of nitrogens with one attached hydrogen (secondary N) is 1. The van der Waals surface area contributed by atoms with Crippen molar-refractivity contribution in [2.75, 3.05) is 11.9 Å². The summed E-state index contributed by atoms with van der Waals surface area (Å²) in [4.78, 5) is 36.5. The highest BCUT2D eigenvalue weighted by Crippen LogP contribution is 2.60. The molecule has 4 rings (SSSR count). The second-order valence-electron chi connectivity index (χ2n) is 7.31. The average molecular weight is 497 g/mol. The van der Waals surface area contributed by atoms with Gasteiger partial charge in [0.05, 0.1) is 32.9 Å². The number of halogens is 5. The summed E-state index contributed by atoms with van der Waals surface area (Å²) in [5, 5.41) is 2.11. The van der Waals surface area contributed by atoms with Gasteiger partial charge in [0.2, 0.25) is 0 Å². The van der Waals surface area contributed by atoms with Gasteiger partial charge in [-0.1, -0.05) is 27.5 Å². The lowest BCUT2D eigenvalue weighted by atomic mass is 9.80. The molecule has 0 aromatic heterocycles. The quantitative estimate of drug-likeness (QED) is 0.510. The van der Waals surface area contributed by atoms with Gasteiger partial charge >= 0.3 is 18.1 Å². The molecule has 1 aliphatic heterocycles. The van der Waals surface area contributed by atoms with Crippen LogP contribution in [0, 0.1) is 23.7 Å². The maximum atomic E-state index is 12.8. The van der Waals surface area contributed by atoms with E-state index in [-0.39, 0.29) is 33.5 Å². The summed E-state index contributed by atoms with van der Waals surface area (Å²) < 4.78 is 48.8. The van der Waals surface area contributed by atoms with Gasteiger partial charge in [-0.15, -0.1) is 0 Å². The number of benzene rings is 1. The monoisotopic (exact) mass is 495 g/mol. The normalized spacial score (nSPS) is 32.2. The van der Waals surface area contributed by atoms with Crippen molar-refractivity contribution in [1.29, 1.82) is 0 Å². The number of hydrogen-bond acceptors (Lipinski definition) is 5. The maximum absolute atomic E-state index is 12.8. The van der Waals surface area contributed by atoms with Gasteiger partial charge in [-0.05, 0) is 30.5 Å². The highest BCUT2D eigenvalue weighted by molar-refractivity contribution is 9.09. The Labute approximate surface area is 176 Å². The molecule has 6 nitrogen and oxygen atoms in total. The van der Waals surface area contributed by atoms with Crippen LogP contribution < -0.4 is 5.32 Å². The van der Waals surface area contributed by atoms with Crippen molar-refractivity contribution < 1.29 is 37.0 Å². The van der Waals surface area contributed by atoms with Gasteiger partial charge in [0.25, 0.3) is 5.91 Å². The summed E-state index contributed by atoms with van der Waals surface area (Å²) in [6, 6.07) is 2.50. The van der Waals surface area contributed by atoms with Crippen molar-refractivity contribution >= 4 is 51.1 Å². The molecule has 6 atom stereocenters. The highest BCUT2D eigenvalue weighted by atomic mass is 79.9. The van der Waals surface area contributed by atoms with Crippen molar-refractivity contribution in [3.63, 3.8) is 0 Å². The number of rotatable bonds is 4. The molecule has 0 unspecified atom stereocenters.